The van der Waals surface area contributed by atoms with E-state index in [9.17, 15) is 9.59 Å². The summed E-state index contributed by atoms with van der Waals surface area (Å²) in [4.78, 5) is 26.3. The summed E-state index contributed by atoms with van der Waals surface area (Å²) in [5, 5.41) is 8.97. The highest BCUT2D eigenvalue weighted by molar-refractivity contribution is 5.96. The number of rotatable bonds is 3. The molecule has 0 aromatic heterocycles. The molecule has 0 fully saturated rings. The molecule has 0 radical (unpaired) electrons. The Bertz CT molecular complexity index is 485. The Labute approximate surface area is 111 Å². The number of hydrogen-bond acceptors (Lipinski definition) is 2. The monoisotopic (exact) mass is 260 g/mol. The van der Waals surface area contributed by atoms with Crippen LogP contribution < -0.4 is 4.90 Å². The van der Waals surface area contributed by atoms with Gasteiger partial charge in [-0.3, -0.25) is 9.69 Å². The highest BCUT2D eigenvalue weighted by Crippen LogP contribution is 2.16. The van der Waals surface area contributed by atoms with Gasteiger partial charge in [0.1, 0.15) is 6.54 Å². The molecule has 2 amide bonds. The Kier molecular flexibility index (Phi) is 4.18. The fourth-order valence-electron chi connectivity index (χ4n) is 2.00. The predicted octanol–water partition coefficient (Wildman–Crippen LogP) is 1.96. The maximum atomic E-state index is 12.4. The standard InChI is InChI=1S/C14H16N2O3/c17-13(18)11-16(12-7-3-1-4-8-12)14(19)15-9-5-2-6-10-15/h1-5,7-8H,6,9-11H2,(H,17,18). The Morgan fingerprint density at radius 2 is 1.95 bits per heavy atom. The minimum absolute atomic E-state index is 0.266. The van der Waals surface area contributed by atoms with Gasteiger partial charge in [-0.25, -0.2) is 4.79 Å². The molecule has 0 bridgehead atoms. The maximum absolute atomic E-state index is 12.4. The van der Waals surface area contributed by atoms with Crippen LogP contribution in [-0.2, 0) is 4.79 Å². The van der Waals surface area contributed by atoms with Crippen LogP contribution in [0.25, 0.3) is 0 Å². The van der Waals surface area contributed by atoms with Crippen molar-refractivity contribution in [2.75, 3.05) is 24.5 Å². The van der Waals surface area contributed by atoms with Crippen molar-refractivity contribution >= 4 is 17.7 Å². The van der Waals surface area contributed by atoms with Crippen LogP contribution in [0.1, 0.15) is 6.42 Å². The highest BCUT2D eigenvalue weighted by Gasteiger charge is 2.24. The first-order chi connectivity index (χ1) is 9.18. The molecule has 1 aliphatic rings. The van der Waals surface area contributed by atoms with Gasteiger partial charge in [0.25, 0.3) is 0 Å². The highest BCUT2D eigenvalue weighted by atomic mass is 16.4. The molecule has 1 heterocycles. The molecule has 1 aromatic rings. The third-order valence-corrected chi connectivity index (χ3v) is 2.92. The Balaban J connectivity index is 2.20. The molecule has 0 aliphatic carbocycles. The summed E-state index contributed by atoms with van der Waals surface area (Å²) in [5.74, 6) is -1.02. The van der Waals surface area contributed by atoms with Gasteiger partial charge in [0.15, 0.2) is 0 Å². The van der Waals surface area contributed by atoms with E-state index in [0.717, 1.165) is 6.42 Å². The zero-order valence-electron chi connectivity index (χ0n) is 10.5. The van der Waals surface area contributed by atoms with Crippen LogP contribution in [0.2, 0.25) is 0 Å². The lowest BCUT2D eigenvalue weighted by Crippen LogP contribution is -2.46. The predicted molar refractivity (Wildman–Crippen MR) is 72.1 cm³/mol. The summed E-state index contributed by atoms with van der Waals surface area (Å²) in [7, 11) is 0. The SMILES string of the molecule is O=C(O)CN(C(=O)N1CC=CCC1)c1ccccc1. The number of aliphatic carboxylic acids is 1. The van der Waals surface area contributed by atoms with Crippen molar-refractivity contribution < 1.29 is 14.7 Å². The van der Waals surface area contributed by atoms with Crippen molar-refractivity contribution in [3.63, 3.8) is 0 Å². The van der Waals surface area contributed by atoms with Gasteiger partial charge in [0.05, 0.1) is 0 Å². The van der Waals surface area contributed by atoms with E-state index in [1.165, 1.54) is 4.90 Å². The average Bonchev–Trinajstić information content (AvgIpc) is 2.46. The lowest BCUT2D eigenvalue weighted by atomic mass is 10.2. The van der Waals surface area contributed by atoms with E-state index in [1.54, 1.807) is 29.2 Å². The summed E-state index contributed by atoms with van der Waals surface area (Å²) < 4.78 is 0. The quantitative estimate of drug-likeness (QED) is 0.845. The number of hydrogen-bond donors (Lipinski definition) is 1. The molecular weight excluding hydrogens is 244 g/mol. The fourth-order valence-corrected chi connectivity index (χ4v) is 2.00. The third kappa shape index (κ3) is 3.34. The molecule has 0 spiro atoms. The van der Waals surface area contributed by atoms with Crippen LogP contribution in [0.5, 0.6) is 0 Å². The van der Waals surface area contributed by atoms with Crippen molar-refractivity contribution in [3.05, 3.63) is 42.5 Å². The van der Waals surface area contributed by atoms with E-state index in [4.69, 9.17) is 5.11 Å². The van der Waals surface area contributed by atoms with Gasteiger partial charge in [-0.15, -0.1) is 0 Å². The average molecular weight is 260 g/mol. The van der Waals surface area contributed by atoms with Crippen molar-refractivity contribution in [1.29, 1.82) is 0 Å². The second-order valence-electron chi connectivity index (χ2n) is 4.30. The molecule has 0 unspecified atom stereocenters. The number of nitrogens with zero attached hydrogens (tertiary/aromatic N) is 2. The van der Waals surface area contributed by atoms with Crippen LogP contribution in [0.3, 0.4) is 0 Å². The molecule has 19 heavy (non-hydrogen) atoms. The van der Waals surface area contributed by atoms with Gasteiger partial charge >= 0.3 is 12.0 Å². The number of amides is 2. The van der Waals surface area contributed by atoms with Crippen LogP contribution in [0, 0.1) is 0 Å². The number of carboxylic acid groups (broad SMARTS) is 1. The normalized spacial score (nSPS) is 14.2. The van der Waals surface area contributed by atoms with Crippen molar-refractivity contribution in [2.24, 2.45) is 0 Å². The number of anilines is 1. The summed E-state index contributed by atoms with van der Waals surface area (Å²) in [6, 6.07) is 8.61. The zero-order chi connectivity index (χ0) is 13.7. The molecule has 1 N–H and O–H groups in total. The molecule has 100 valence electrons. The third-order valence-electron chi connectivity index (χ3n) is 2.92. The van der Waals surface area contributed by atoms with Gasteiger partial charge < -0.3 is 10.0 Å². The first kappa shape index (κ1) is 13.1. The Hall–Kier alpha value is -2.30. The summed E-state index contributed by atoms with van der Waals surface area (Å²) in [6.07, 6.45) is 4.75. The molecule has 5 heteroatoms. The number of para-hydroxylation sites is 1. The van der Waals surface area contributed by atoms with Gasteiger partial charge in [0, 0.05) is 18.8 Å². The molecule has 1 aliphatic heterocycles. The lowest BCUT2D eigenvalue weighted by molar-refractivity contribution is -0.135. The summed E-state index contributed by atoms with van der Waals surface area (Å²) in [6.45, 7) is 0.823. The summed E-state index contributed by atoms with van der Waals surface area (Å²) in [5.41, 5.74) is 0.601. The van der Waals surface area contributed by atoms with Gasteiger partial charge in [-0.1, -0.05) is 30.4 Å². The Morgan fingerprint density at radius 3 is 2.53 bits per heavy atom. The molecule has 0 saturated heterocycles. The number of carbonyl (C=O) groups is 2. The van der Waals surface area contributed by atoms with Crippen molar-refractivity contribution in [1.82, 2.24) is 4.90 Å². The first-order valence-corrected chi connectivity index (χ1v) is 6.17. The van der Waals surface area contributed by atoms with Crippen LogP contribution >= 0.6 is 0 Å². The second-order valence-corrected chi connectivity index (χ2v) is 4.30. The molecule has 0 atom stereocenters. The van der Waals surface area contributed by atoms with E-state index < -0.39 is 5.97 Å². The fraction of sp³-hybridized carbons (Fsp3) is 0.286. The van der Waals surface area contributed by atoms with E-state index in [1.807, 2.05) is 18.2 Å². The van der Waals surface area contributed by atoms with E-state index >= 15 is 0 Å². The molecule has 1 aromatic carbocycles. The number of benzene rings is 1. The lowest BCUT2D eigenvalue weighted by Gasteiger charge is -2.30. The number of urea groups is 1. The van der Waals surface area contributed by atoms with Crippen molar-refractivity contribution in [2.45, 2.75) is 6.42 Å². The molecule has 2 rings (SSSR count). The van der Waals surface area contributed by atoms with E-state index in [2.05, 4.69) is 0 Å². The maximum Gasteiger partial charge on any atom is 0.325 e. The van der Waals surface area contributed by atoms with Crippen LogP contribution in [0.15, 0.2) is 42.5 Å². The first-order valence-electron chi connectivity index (χ1n) is 6.17. The second kappa shape index (κ2) is 6.04. The minimum atomic E-state index is -1.02. The largest absolute Gasteiger partial charge is 0.480 e. The molecule has 5 nitrogen and oxygen atoms in total. The number of carbonyl (C=O) groups excluding carboxylic acids is 1. The van der Waals surface area contributed by atoms with E-state index in [-0.39, 0.29) is 12.6 Å². The van der Waals surface area contributed by atoms with Crippen molar-refractivity contribution in [3.8, 4) is 0 Å². The molecule has 0 saturated carbocycles. The van der Waals surface area contributed by atoms with Gasteiger partial charge in [-0.2, -0.15) is 0 Å². The number of carboxylic acids is 1. The van der Waals surface area contributed by atoms with E-state index in [0.29, 0.717) is 18.8 Å². The smallest absolute Gasteiger partial charge is 0.325 e. The minimum Gasteiger partial charge on any atom is -0.480 e. The van der Waals surface area contributed by atoms with Crippen LogP contribution in [-0.4, -0.2) is 41.6 Å². The summed E-state index contributed by atoms with van der Waals surface area (Å²) >= 11 is 0. The van der Waals surface area contributed by atoms with Crippen LogP contribution in [0.4, 0.5) is 10.5 Å². The van der Waals surface area contributed by atoms with Gasteiger partial charge in [0.2, 0.25) is 0 Å². The molecular formula is C14H16N2O3. The Morgan fingerprint density at radius 1 is 1.21 bits per heavy atom. The topological polar surface area (TPSA) is 60.9 Å². The zero-order valence-corrected chi connectivity index (χ0v) is 10.5. The van der Waals surface area contributed by atoms with Gasteiger partial charge in [-0.05, 0) is 18.6 Å².